The fourth-order valence-electron chi connectivity index (χ4n) is 2.22. The second-order valence-electron chi connectivity index (χ2n) is 4.41. The van der Waals surface area contributed by atoms with Crippen molar-refractivity contribution in [1.29, 1.82) is 0 Å². The topological polar surface area (TPSA) is 52.6 Å². The molecule has 0 N–H and O–H groups in total. The number of methoxy groups -OCH3 is 1. The van der Waals surface area contributed by atoms with Crippen molar-refractivity contribution in [2.24, 2.45) is 0 Å². The second kappa shape index (κ2) is 4.78. The maximum absolute atomic E-state index is 5.87. The predicted octanol–water partition coefficient (Wildman–Crippen LogP) is 3.93. The van der Waals surface area contributed by atoms with Crippen LogP contribution in [-0.4, -0.2) is 28.0 Å². The largest absolute Gasteiger partial charge is 0.496 e. The van der Waals surface area contributed by atoms with E-state index in [1.807, 2.05) is 36.7 Å². The van der Waals surface area contributed by atoms with Crippen LogP contribution in [0.4, 0.5) is 0 Å². The molecule has 5 nitrogen and oxygen atoms in total. The molecule has 1 aromatic carbocycles. The molecule has 0 atom stereocenters. The Hall–Kier alpha value is -1.99. The number of ether oxygens (including phenoxy) is 1. The first-order valence-electron chi connectivity index (χ1n) is 6.25. The van der Waals surface area contributed by atoms with Crippen molar-refractivity contribution in [3.05, 3.63) is 30.5 Å². The number of rotatable bonds is 3. The van der Waals surface area contributed by atoms with Crippen molar-refractivity contribution in [3.63, 3.8) is 0 Å². The minimum atomic E-state index is 0.720. The van der Waals surface area contributed by atoms with Gasteiger partial charge in [-0.2, -0.15) is 0 Å². The summed E-state index contributed by atoms with van der Waals surface area (Å²) in [4.78, 5) is 5.44. The number of fused-ring (bicyclic) bond motifs is 2. The van der Waals surface area contributed by atoms with Crippen LogP contribution in [0.3, 0.4) is 0 Å². The highest BCUT2D eigenvalue weighted by molar-refractivity contribution is 8.00. The minimum Gasteiger partial charge on any atom is -0.496 e. The van der Waals surface area contributed by atoms with Gasteiger partial charge in [0.05, 0.1) is 18.7 Å². The lowest BCUT2D eigenvalue weighted by Gasteiger charge is -1.98. The van der Waals surface area contributed by atoms with Crippen molar-refractivity contribution in [1.82, 2.24) is 14.6 Å². The maximum atomic E-state index is 5.87. The van der Waals surface area contributed by atoms with Crippen molar-refractivity contribution in [2.75, 3.05) is 13.4 Å². The summed E-state index contributed by atoms with van der Waals surface area (Å²) < 4.78 is 14.0. The molecule has 0 unspecified atom stereocenters. The molecule has 4 aromatic rings. The van der Waals surface area contributed by atoms with Gasteiger partial charge in [0.1, 0.15) is 17.0 Å². The number of aromatic nitrogens is 3. The smallest absolute Gasteiger partial charge is 0.213 e. The molecule has 0 aliphatic rings. The SMILES string of the molecule is COc1cccc2oc(-c3cn4nc(SC)sc4n3)cc12. The van der Waals surface area contributed by atoms with Crippen LogP contribution in [-0.2, 0) is 0 Å². The van der Waals surface area contributed by atoms with E-state index >= 15 is 0 Å². The van der Waals surface area contributed by atoms with Crippen LogP contribution in [0.15, 0.2) is 39.2 Å². The molecular weight excluding hydrogens is 306 g/mol. The van der Waals surface area contributed by atoms with E-state index in [2.05, 4.69) is 10.1 Å². The molecule has 0 bridgehead atoms. The monoisotopic (exact) mass is 317 g/mol. The number of nitrogens with zero attached hydrogens (tertiary/aromatic N) is 3. The lowest BCUT2D eigenvalue weighted by atomic mass is 10.2. The molecule has 0 aliphatic heterocycles. The number of imidazole rings is 1. The average molecular weight is 317 g/mol. The molecule has 3 aromatic heterocycles. The van der Waals surface area contributed by atoms with E-state index in [0.29, 0.717) is 0 Å². The van der Waals surface area contributed by atoms with E-state index in [9.17, 15) is 0 Å². The fourth-order valence-corrected chi connectivity index (χ4v) is 3.56. The Morgan fingerprint density at radius 1 is 1.38 bits per heavy atom. The molecule has 3 heterocycles. The highest BCUT2D eigenvalue weighted by atomic mass is 32.2. The van der Waals surface area contributed by atoms with Gasteiger partial charge in [-0.05, 0) is 24.5 Å². The van der Waals surface area contributed by atoms with E-state index in [0.717, 1.165) is 37.5 Å². The number of hydrogen-bond donors (Lipinski definition) is 0. The normalized spacial score (nSPS) is 11.5. The van der Waals surface area contributed by atoms with Gasteiger partial charge in [-0.15, -0.1) is 5.10 Å². The first kappa shape index (κ1) is 12.7. The Kier molecular flexibility index (Phi) is 2.90. The Morgan fingerprint density at radius 3 is 3.05 bits per heavy atom. The molecule has 0 spiro atoms. The summed E-state index contributed by atoms with van der Waals surface area (Å²) in [7, 11) is 1.65. The molecule has 21 heavy (non-hydrogen) atoms. The third-order valence-corrected chi connectivity index (χ3v) is 5.09. The number of hydrogen-bond acceptors (Lipinski definition) is 6. The minimum absolute atomic E-state index is 0.720. The maximum Gasteiger partial charge on any atom is 0.213 e. The van der Waals surface area contributed by atoms with Gasteiger partial charge in [-0.3, -0.25) is 0 Å². The highest BCUT2D eigenvalue weighted by Gasteiger charge is 2.14. The van der Waals surface area contributed by atoms with Gasteiger partial charge >= 0.3 is 0 Å². The standard InChI is InChI=1S/C14H11N3O2S2/c1-18-10-4-3-5-11-8(10)6-12(19-11)9-7-17-13(15-9)21-14(16-17)20-2/h3-7H,1-2H3. The van der Waals surface area contributed by atoms with E-state index in [1.165, 1.54) is 0 Å². The van der Waals surface area contributed by atoms with Crippen molar-refractivity contribution < 1.29 is 9.15 Å². The Bertz CT molecular complexity index is 907. The molecular formula is C14H11N3O2S2. The zero-order valence-corrected chi connectivity index (χ0v) is 13.0. The van der Waals surface area contributed by atoms with E-state index in [4.69, 9.17) is 9.15 Å². The lowest BCUT2D eigenvalue weighted by Crippen LogP contribution is -1.81. The van der Waals surface area contributed by atoms with E-state index in [-0.39, 0.29) is 0 Å². The fraction of sp³-hybridized carbons (Fsp3) is 0.143. The lowest BCUT2D eigenvalue weighted by molar-refractivity contribution is 0.419. The van der Waals surface area contributed by atoms with Crippen LogP contribution in [0.5, 0.6) is 5.75 Å². The Balaban J connectivity index is 1.85. The first-order chi connectivity index (χ1) is 10.3. The van der Waals surface area contributed by atoms with Gasteiger partial charge in [-0.25, -0.2) is 9.50 Å². The molecule has 0 fully saturated rings. The predicted molar refractivity (Wildman–Crippen MR) is 84.4 cm³/mol. The molecule has 106 valence electrons. The number of furan rings is 1. The Morgan fingerprint density at radius 2 is 2.29 bits per heavy atom. The van der Waals surface area contributed by atoms with Gasteiger partial charge in [-0.1, -0.05) is 29.2 Å². The van der Waals surface area contributed by atoms with E-state index < -0.39 is 0 Å². The summed E-state index contributed by atoms with van der Waals surface area (Å²) in [6.07, 6.45) is 3.89. The summed E-state index contributed by atoms with van der Waals surface area (Å²) in [6.45, 7) is 0. The molecule has 0 amide bonds. The van der Waals surface area contributed by atoms with Gasteiger partial charge in [0, 0.05) is 0 Å². The highest BCUT2D eigenvalue weighted by Crippen LogP contribution is 2.33. The van der Waals surface area contributed by atoms with Gasteiger partial charge in [0.25, 0.3) is 0 Å². The first-order valence-corrected chi connectivity index (χ1v) is 8.30. The van der Waals surface area contributed by atoms with Crippen LogP contribution in [0.25, 0.3) is 27.4 Å². The van der Waals surface area contributed by atoms with Crippen LogP contribution in [0, 0.1) is 0 Å². The summed E-state index contributed by atoms with van der Waals surface area (Å²) in [5.74, 6) is 1.52. The zero-order chi connectivity index (χ0) is 14.4. The van der Waals surface area contributed by atoms with Crippen molar-refractivity contribution >= 4 is 39.0 Å². The molecule has 0 radical (unpaired) electrons. The van der Waals surface area contributed by atoms with Gasteiger partial charge in [0.2, 0.25) is 4.96 Å². The van der Waals surface area contributed by atoms with Gasteiger partial charge < -0.3 is 9.15 Å². The quantitative estimate of drug-likeness (QED) is 0.536. The third-order valence-electron chi connectivity index (χ3n) is 3.19. The van der Waals surface area contributed by atoms with E-state index in [1.54, 1.807) is 34.7 Å². The van der Waals surface area contributed by atoms with Crippen molar-refractivity contribution in [2.45, 2.75) is 4.34 Å². The second-order valence-corrected chi connectivity index (χ2v) is 6.42. The summed E-state index contributed by atoms with van der Waals surface area (Å²) in [5, 5.41) is 5.38. The summed E-state index contributed by atoms with van der Waals surface area (Å²) >= 11 is 3.18. The summed E-state index contributed by atoms with van der Waals surface area (Å²) in [5.41, 5.74) is 1.57. The average Bonchev–Trinajstić information content (AvgIpc) is 3.17. The molecule has 0 aliphatic carbocycles. The molecule has 7 heteroatoms. The molecule has 4 rings (SSSR count). The Labute approximate surface area is 128 Å². The van der Waals surface area contributed by atoms with Crippen LogP contribution >= 0.6 is 23.1 Å². The zero-order valence-electron chi connectivity index (χ0n) is 11.4. The van der Waals surface area contributed by atoms with Gasteiger partial charge in [0.15, 0.2) is 10.1 Å². The van der Waals surface area contributed by atoms with Crippen LogP contribution in [0.1, 0.15) is 0 Å². The molecule has 0 saturated heterocycles. The third kappa shape index (κ3) is 2.00. The van der Waals surface area contributed by atoms with Crippen LogP contribution in [0.2, 0.25) is 0 Å². The van der Waals surface area contributed by atoms with Crippen LogP contribution < -0.4 is 4.74 Å². The number of thioether (sulfide) groups is 1. The molecule has 0 saturated carbocycles. The number of benzene rings is 1. The summed E-state index contributed by atoms with van der Waals surface area (Å²) in [6, 6.07) is 7.70. The van der Waals surface area contributed by atoms with Crippen molar-refractivity contribution in [3.8, 4) is 17.2 Å².